The van der Waals surface area contributed by atoms with Crippen LogP contribution in [0.15, 0.2) is 60.8 Å². The van der Waals surface area contributed by atoms with Gasteiger partial charge in [0, 0.05) is 28.6 Å². The second kappa shape index (κ2) is 5.38. The van der Waals surface area contributed by atoms with Crippen LogP contribution in [0, 0.1) is 0 Å². The molecule has 0 saturated heterocycles. The Labute approximate surface area is 138 Å². The Morgan fingerprint density at radius 2 is 1.67 bits per heavy atom. The van der Waals surface area contributed by atoms with E-state index in [-0.39, 0.29) is 17.4 Å². The third-order valence-electron chi connectivity index (χ3n) is 4.17. The van der Waals surface area contributed by atoms with Crippen molar-refractivity contribution in [3.63, 3.8) is 0 Å². The standard InChI is InChI=1S/C19H14N2O3/c22-13-7-5-12(6-8-13)21-11-16-14(19(21)24)9-10-20-18(16)15-3-1-2-4-17(15)23/h1-10,22-23H,11H2. The van der Waals surface area contributed by atoms with Crippen molar-refractivity contribution in [1.82, 2.24) is 4.98 Å². The van der Waals surface area contributed by atoms with Crippen LogP contribution in [0.5, 0.6) is 11.5 Å². The fourth-order valence-electron chi connectivity index (χ4n) is 2.98. The highest BCUT2D eigenvalue weighted by Gasteiger charge is 2.31. The first-order valence-corrected chi connectivity index (χ1v) is 7.52. The lowest BCUT2D eigenvalue weighted by Crippen LogP contribution is -2.22. The number of anilines is 1. The molecule has 0 aliphatic carbocycles. The van der Waals surface area contributed by atoms with Gasteiger partial charge in [-0.25, -0.2) is 0 Å². The number of benzene rings is 2. The summed E-state index contributed by atoms with van der Waals surface area (Å²) < 4.78 is 0. The Bertz CT molecular complexity index is 936. The van der Waals surface area contributed by atoms with Crippen molar-refractivity contribution in [3.8, 4) is 22.8 Å². The Hall–Kier alpha value is -3.34. The zero-order valence-corrected chi connectivity index (χ0v) is 12.7. The van der Waals surface area contributed by atoms with Crippen LogP contribution in [0.2, 0.25) is 0 Å². The molecule has 1 aliphatic rings. The lowest BCUT2D eigenvalue weighted by molar-refractivity contribution is 0.0996. The number of hydrogen-bond acceptors (Lipinski definition) is 4. The Morgan fingerprint density at radius 1 is 0.917 bits per heavy atom. The van der Waals surface area contributed by atoms with Gasteiger partial charge < -0.3 is 15.1 Å². The molecule has 0 atom stereocenters. The highest BCUT2D eigenvalue weighted by atomic mass is 16.3. The second-order valence-electron chi connectivity index (χ2n) is 5.61. The van der Waals surface area contributed by atoms with Gasteiger partial charge in [0.2, 0.25) is 0 Å². The highest BCUT2D eigenvalue weighted by Crippen LogP contribution is 2.36. The summed E-state index contributed by atoms with van der Waals surface area (Å²) in [7, 11) is 0. The summed E-state index contributed by atoms with van der Waals surface area (Å²) in [6.45, 7) is 0.371. The maximum Gasteiger partial charge on any atom is 0.259 e. The second-order valence-corrected chi connectivity index (χ2v) is 5.61. The van der Waals surface area contributed by atoms with Crippen LogP contribution in [0.4, 0.5) is 5.69 Å². The minimum atomic E-state index is -0.116. The molecule has 2 heterocycles. The Balaban J connectivity index is 1.80. The van der Waals surface area contributed by atoms with Gasteiger partial charge in [0.25, 0.3) is 5.91 Å². The zero-order chi connectivity index (χ0) is 16.7. The summed E-state index contributed by atoms with van der Waals surface area (Å²) in [5.74, 6) is 0.170. The molecule has 0 radical (unpaired) electrons. The van der Waals surface area contributed by atoms with Gasteiger partial charge in [0.05, 0.1) is 12.2 Å². The smallest absolute Gasteiger partial charge is 0.259 e. The Morgan fingerprint density at radius 3 is 2.42 bits per heavy atom. The van der Waals surface area contributed by atoms with Crippen molar-refractivity contribution in [1.29, 1.82) is 0 Å². The lowest BCUT2D eigenvalue weighted by Gasteiger charge is -2.15. The number of hydrogen-bond donors (Lipinski definition) is 2. The van der Waals surface area contributed by atoms with Gasteiger partial charge in [-0.15, -0.1) is 0 Å². The van der Waals surface area contributed by atoms with Crippen molar-refractivity contribution in [3.05, 3.63) is 71.9 Å². The molecular weight excluding hydrogens is 304 g/mol. The molecule has 118 valence electrons. The monoisotopic (exact) mass is 318 g/mol. The molecule has 0 unspecified atom stereocenters. The molecule has 0 saturated carbocycles. The van der Waals surface area contributed by atoms with Crippen molar-refractivity contribution < 1.29 is 15.0 Å². The van der Waals surface area contributed by atoms with Crippen LogP contribution in [-0.2, 0) is 6.54 Å². The van der Waals surface area contributed by atoms with Crippen molar-refractivity contribution >= 4 is 11.6 Å². The number of aromatic nitrogens is 1. The van der Waals surface area contributed by atoms with Crippen LogP contribution < -0.4 is 4.90 Å². The molecule has 1 amide bonds. The summed E-state index contributed by atoms with van der Waals surface area (Å²) in [5.41, 5.74) is 3.29. The lowest BCUT2D eigenvalue weighted by atomic mass is 10.0. The van der Waals surface area contributed by atoms with Crippen molar-refractivity contribution in [2.75, 3.05) is 4.90 Å². The quantitative estimate of drug-likeness (QED) is 0.760. The minimum absolute atomic E-state index is 0.116. The molecule has 1 aliphatic heterocycles. The van der Waals surface area contributed by atoms with Gasteiger partial charge >= 0.3 is 0 Å². The predicted octanol–water partition coefficient (Wildman–Crippen LogP) is 3.32. The van der Waals surface area contributed by atoms with E-state index in [0.717, 1.165) is 5.56 Å². The number of carbonyl (C=O) groups is 1. The number of amides is 1. The molecule has 2 N–H and O–H groups in total. The van der Waals surface area contributed by atoms with Crippen molar-refractivity contribution in [2.45, 2.75) is 6.54 Å². The van der Waals surface area contributed by atoms with E-state index in [4.69, 9.17) is 0 Å². The van der Waals surface area contributed by atoms with E-state index in [1.165, 1.54) is 0 Å². The van der Waals surface area contributed by atoms with E-state index < -0.39 is 0 Å². The number of nitrogens with zero attached hydrogens (tertiary/aromatic N) is 2. The molecule has 4 rings (SSSR count). The number of aromatic hydroxyl groups is 2. The van der Waals surface area contributed by atoms with E-state index in [2.05, 4.69) is 4.98 Å². The van der Waals surface area contributed by atoms with Crippen LogP contribution in [0.1, 0.15) is 15.9 Å². The maximum absolute atomic E-state index is 12.7. The summed E-state index contributed by atoms with van der Waals surface area (Å²) >= 11 is 0. The molecule has 2 aromatic carbocycles. The number of rotatable bonds is 2. The summed E-state index contributed by atoms with van der Waals surface area (Å²) in [5, 5.41) is 19.5. The summed E-state index contributed by atoms with van der Waals surface area (Å²) in [6.07, 6.45) is 1.58. The number of carbonyl (C=O) groups excluding carboxylic acids is 1. The topological polar surface area (TPSA) is 73.7 Å². The number of pyridine rings is 1. The van der Waals surface area contributed by atoms with Gasteiger partial charge in [0.1, 0.15) is 11.5 Å². The van der Waals surface area contributed by atoms with Crippen LogP contribution >= 0.6 is 0 Å². The third-order valence-corrected chi connectivity index (χ3v) is 4.17. The average molecular weight is 318 g/mol. The van der Waals surface area contributed by atoms with Gasteiger partial charge in [0.15, 0.2) is 0 Å². The SMILES string of the molecule is O=C1c2ccnc(-c3ccccc3O)c2CN1c1ccc(O)cc1. The van der Waals surface area contributed by atoms with E-state index in [0.29, 0.717) is 29.1 Å². The number of phenols is 2. The van der Waals surface area contributed by atoms with Gasteiger partial charge in [-0.2, -0.15) is 0 Å². The minimum Gasteiger partial charge on any atom is -0.508 e. The van der Waals surface area contributed by atoms with E-state index in [1.54, 1.807) is 59.6 Å². The summed E-state index contributed by atoms with van der Waals surface area (Å²) in [6, 6.07) is 15.2. The van der Waals surface area contributed by atoms with E-state index in [1.807, 2.05) is 6.07 Å². The zero-order valence-electron chi connectivity index (χ0n) is 12.7. The number of para-hydroxylation sites is 1. The fraction of sp³-hybridized carbons (Fsp3) is 0.0526. The van der Waals surface area contributed by atoms with Crippen LogP contribution in [0.3, 0.4) is 0 Å². The fourth-order valence-corrected chi connectivity index (χ4v) is 2.98. The molecule has 0 bridgehead atoms. The van der Waals surface area contributed by atoms with Crippen LogP contribution in [0.25, 0.3) is 11.3 Å². The normalized spacial score (nSPS) is 13.2. The first-order valence-electron chi connectivity index (χ1n) is 7.52. The van der Waals surface area contributed by atoms with Gasteiger partial charge in [-0.3, -0.25) is 9.78 Å². The summed E-state index contributed by atoms with van der Waals surface area (Å²) in [4.78, 5) is 18.7. The third kappa shape index (κ3) is 2.18. The number of phenolic OH excluding ortho intramolecular Hbond substituents is 2. The van der Waals surface area contributed by atoms with Gasteiger partial charge in [-0.1, -0.05) is 12.1 Å². The van der Waals surface area contributed by atoms with Crippen molar-refractivity contribution in [2.24, 2.45) is 0 Å². The first kappa shape index (κ1) is 14.3. The maximum atomic E-state index is 12.7. The Kier molecular flexibility index (Phi) is 3.20. The molecule has 1 aromatic heterocycles. The average Bonchev–Trinajstić information content (AvgIpc) is 2.93. The van der Waals surface area contributed by atoms with E-state index in [9.17, 15) is 15.0 Å². The van der Waals surface area contributed by atoms with Gasteiger partial charge in [-0.05, 0) is 42.5 Å². The molecule has 5 heteroatoms. The molecule has 3 aromatic rings. The number of fused-ring (bicyclic) bond motifs is 1. The highest BCUT2D eigenvalue weighted by molar-refractivity contribution is 6.11. The van der Waals surface area contributed by atoms with Crippen LogP contribution in [-0.4, -0.2) is 21.1 Å². The predicted molar refractivity (Wildman–Crippen MR) is 90.0 cm³/mol. The molecule has 5 nitrogen and oxygen atoms in total. The largest absolute Gasteiger partial charge is 0.508 e. The van der Waals surface area contributed by atoms with E-state index >= 15 is 0 Å². The molecule has 24 heavy (non-hydrogen) atoms. The first-order chi connectivity index (χ1) is 11.6. The molecule has 0 fully saturated rings. The molecular formula is C19H14N2O3. The molecule has 0 spiro atoms.